The molecule has 24 heavy (non-hydrogen) atoms. The maximum Gasteiger partial charge on any atom is 0.331 e. The van der Waals surface area contributed by atoms with Crippen LogP contribution in [0.15, 0.2) is 12.2 Å². The van der Waals surface area contributed by atoms with E-state index in [0.717, 1.165) is 37.8 Å². The van der Waals surface area contributed by atoms with Crippen molar-refractivity contribution in [2.24, 2.45) is 5.92 Å². The molecule has 0 radical (unpaired) electrons. The van der Waals surface area contributed by atoms with Crippen molar-refractivity contribution in [1.82, 2.24) is 0 Å². The minimum Gasteiger partial charge on any atom is -0.463 e. The van der Waals surface area contributed by atoms with Crippen molar-refractivity contribution >= 4 is 11.9 Å². The first-order valence-corrected chi connectivity index (χ1v) is 9.61. The number of carbonyl (C=O) groups is 2. The molecule has 0 rings (SSSR count). The lowest BCUT2D eigenvalue weighted by molar-refractivity contribution is -0.141. The maximum atomic E-state index is 11.5. The Morgan fingerprint density at radius 2 is 1.33 bits per heavy atom. The summed E-state index contributed by atoms with van der Waals surface area (Å²) < 4.78 is 10.1. The molecule has 0 bridgehead atoms. The van der Waals surface area contributed by atoms with Gasteiger partial charge in [0.05, 0.1) is 13.2 Å². The monoisotopic (exact) mass is 340 g/mol. The molecule has 0 aliphatic rings. The average molecular weight is 341 g/mol. The zero-order valence-electron chi connectivity index (χ0n) is 15.9. The van der Waals surface area contributed by atoms with Crippen molar-refractivity contribution in [1.29, 1.82) is 0 Å². The Bertz CT molecular complexity index is 350. The third-order valence-electron chi connectivity index (χ3n) is 3.89. The molecule has 0 spiro atoms. The first kappa shape index (κ1) is 22.7. The molecule has 1 atom stereocenters. The van der Waals surface area contributed by atoms with E-state index in [0.29, 0.717) is 19.1 Å². The lowest BCUT2D eigenvalue weighted by Crippen LogP contribution is -2.10. The van der Waals surface area contributed by atoms with E-state index in [9.17, 15) is 9.59 Å². The minimum atomic E-state index is -0.484. The van der Waals surface area contributed by atoms with Crippen LogP contribution < -0.4 is 0 Å². The zero-order valence-corrected chi connectivity index (χ0v) is 15.9. The number of hydrogen-bond acceptors (Lipinski definition) is 4. The fraction of sp³-hybridized carbons (Fsp3) is 0.800. The van der Waals surface area contributed by atoms with Crippen molar-refractivity contribution in [2.45, 2.75) is 85.0 Å². The molecule has 0 aliphatic heterocycles. The van der Waals surface area contributed by atoms with Crippen molar-refractivity contribution < 1.29 is 19.1 Å². The number of rotatable bonds is 15. The van der Waals surface area contributed by atoms with Gasteiger partial charge in [-0.25, -0.2) is 9.59 Å². The second kappa shape index (κ2) is 16.5. The minimum absolute atomic E-state index is 0.348. The summed E-state index contributed by atoms with van der Waals surface area (Å²) in [6.07, 6.45) is 14.0. The Morgan fingerprint density at radius 1 is 0.792 bits per heavy atom. The van der Waals surface area contributed by atoms with E-state index >= 15 is 0 Å². The number of carbonyl (C=O) groups excluding carboxylic acids is 2. The van der Waals surface area contributed by atoms with Gasteiger partial charge in [-0.3, -0.25) is 0 Å². The first-order chi connectivity index (χ1) is 11.6. The number of ether oxygens (including phenoxy) is 2. The topological polar surface area (TPSA) is 52.6 Å². The highest BCUT2D eigenvalue weighted by atomic mass is 16.5. The van der Waals surface area contributed by atoms with Gasteiger partial charge < -0.3 is 9.47 Å². The Morgan fingerprint density at radius 3 is 1.92 bits per heavy atom. The molecule has 0 amide bonds. The molecule has 0 aromatic carbocycles. The van der Waals surface area contributed by atoms with E-state index in [4.69, 9.17) is 9.47 Å². The van der Waals surface area contributed by atoms with Crippen LogP contribution in [-0.4, -0.2) is 25.2 Å². The number of hydrogen-bond donors (Lipinski definition) is 0. The van der Waals surface area contributed by atoms with Crippen molar-refractivity contribution in [3.63, 3.8) is 0 Å². The molecule has 0 saturated carbocycles. The molecule has 0 aromatic heterocycles. The Labute approximate surface area is 148 Å². The van der Waals surface area contributed by atoms with Crippen LogP contribution in [0.3, 0.4) is 0 Å². The molecule has 0 heterocycles. The normalized spacial score (nSPS) is 12.3. The van der Waals surface area contributed by atoms with E-state index in [2.05, 4.69) is 13.8 Å². The molecular weight excluding hydrogens is 304 g/mol. The van der Waals surface area contributed by atoms with Crippen LogP contribution in [0.5, 0.6) is 0 Å². The first-order valence-electron chi connectivity index (χ1n) is 9.61. The van der Waals surface area contributed by atoms with Crippen LogP contribution in [0.25, 0.3) is 0 Å². The predicted molar refractivity (Wildman–Crippen MR) is 97.7 cm³/mol. The van der Waals surface area contributed by atoms with Crippen LogP contribution >= 0.6 is 0 Å². The molecule has 0 saturated heterocycles. The van der Waals surface area contributed by atoms with Crippen LogP contribution in [0, 0.1) is 5.92 Å². The highest BCUT2D eigenvalue weighted by Crippen LogP contribution is 2.08. The second-order valence-electron chi connectivity index (χ2n) is 6.50. The van der Waals surface area contributed by atoms with Crippen LogP contribution in [0.2, 0.25) is 0 Å². The third kappa shape index (κ3) is 15.6. The fourth-order valence-electron chi connectivity index (χ4n) is 2.44. The molecule has 140 valence electrons. The third-order valence-corrected chi connectivity index (χ3v) is 3.89. The van der Waals surface area contributed by atoms with Gasteiger partial charge in [-0.05, 0) is 18.8 Å². The molecule has 0 N–H and O–H groups in total. The second-order valence-corrected chi connectivity index (χ2v) is 6.50. The Balaban J connectivity index is 3.55. The summed E-state index contributed by atoms with van der Waals surface area (Å²) in [5.41, 5.74) is 0. The molecule has 0 fully saturated rings. The van der Waals surface area contributed by atoms with Crippen molar-refractivity contribution in [2.75, 3.05) is 13.2 Å². The van der Waals surface area contributed by atoms with Gasteiger partial charge in [0.2, 0.25) is 0 Å². The lowest BCUT2D eigenvalue weighted by Gasteiger charge is -2.09. The predicted octanol–water partition coefficient (Wildman–Crippen LogP) is 5.21. The van der Waals surface area contributed by atoms with Gasteiger partial charge in [-0.2, -0.15) is 0 Å². The van der Waals surface area contributed by atoms with Gasteiger partial charge in [0, 0.05) is 12.2 Å². The zero-order chi connectivity index (χ0) is 18.0. The fourth-order valence-corrected chi connectivity index (χ4v) is 2.44. The van der Waals surface area contributed by atoms with E-state index in [1.165, 1.54) is 38.5 Å². The van der Waals surface area contributed by atoms with Gasteiger partial charge in [-0.1, -0.05) is 72.1 Å². The van der Waals surface area contributed by atoms with Gasteiger partial charge in [-0.15, -0.1) is 0 Å². The van der Waals surface area contributed by atoms with Gasteiger partial charge in [0.1, 0.15) is 0 Å². The Hall–Kier alpha value is -1.32. The molecule has 0 aliphatic carbocycles. The maximum absolute atomic E-state index is 11.5. The van der Waals surface area contributed by atoms with E-state index < -0.39 is 11.9 Å². The summed E-state index contributed by atoms with van der Waals surface area (Å²) in [6.45, 7) is 7.17. The highest BCUT2D eigenvalue weighted by Gasteiger charge is 2.05. The smallest absolute Gasteiger partial charge is 0.331 e. The molecule has 1 unspecified atom stereocenters. The van der Waals surface area contributed by atoms with Gasteiger partial charge in [0.15, 0.2) is 0 Å². The quantitative estimate of drug-likeness (QED) is 0.233. The standard InChI is InChI=1S/C20H36O4/c1-4-6-7-8-9-10-11-12-16-23-19(21)14-15-20(22)24-17-18(3)13-5-2/h14-15,18H,4-13,16-17H2,1-3H3/b15-14+. The summed E-state index contributed by atoms with van der Waals surface area (Å²) in [5.74, 6) is -0.611. The summed E-state index contributed by atoms with van der Waals surface area (Å²) in [6, 6.07) is 0. The van der Waals surface area contributed by atoms with Crippen molar-refractivity contribution in [3.05, 3.63) is 12.2 Å². The van der Waals surface area contributed by atoms with Crippen LogP contribution in [0.4, 0.5) is 0 Å². The summed E-state index contributed by atoms with van der Waals surface area (Å²) in [4.78, 5) is 22.9. The molecule has 4 heteroatoms. The Kier molecular flexibility index (Phi) is 15.6. The van der Waals surface area contributed by atoms with Crippen LogP contribution in [0.1, 0.15) is 85.0 Å². The highest BCUT2D eigenvalue weighted by molar-refractivity contribution is 5.91. The number of unbranched alkanes of at least 4 members (excludes halogenated alkanes) is 7. The summed E-state index contributed by atoms with van der Waals surface area (Å²) in [5, 5.41) is 0. The lowest BCUT2D eigenvalue weighted by atomic mass is 10.1. The van der Waals surface area contributed by atoms with Crippen molar-refractivity contribution in [3.8, 4) is 0 Å². The number of esters is 2. The van der Waals surface area contributed by atoms with Crippen LogP contribution in [-0.2, 0) is 19.1 Å². The molecule has 0 aromatic rings. The van der Waals surface area contributed by atoms with E-state index in [1.807, 2.05) is 6.92 Å². The van der Waals surface area contributed by atoms with Gasteiger partial charge in [0.25, 0.3) is 0 Å². The average Bonchev–Trinajstić information content (AvgIpc) is 2.57. The largest absolute Gasteiger partial charge is 0.463 e. The molecule has 4 nitrogen and oxygen atoms in total. The summed E-state index contributed by atoms with van der Waals surface area (Å²) in [7, 11) is 0. The SMILES string of the molecule is CCCCCCCCCCOC(=O)/C=C/C(=O)OCC(C)CCC. The molecular formula is C20H36O4. The van der Waals surface area contributed by atoms with E-state index in [1.54, 1.807) is 0 Å². The van der Waals surface area contributed by atoms with E-state index in [-0.39, 0.29) is 0 Å². The summed E-state index contributed by atoms with van der Waals surface area (Å²) >= 11 is 0. The van der Waals surface area contributed by atoms with Gasteiger partial charge >= 0.3 is 11.9 Å².